The summed E-state index contributed by atoms with van der Waals surface area (Å²) in [5, 5.41) is 0. The van der Waals surface area contributed by atoms with E-state index in [9.17, 15) is 0 Å². The number of aryl methyl sites for hydroxylation is 1. The van der Waals surface area contributed by atoms with E-state index >= 15 is 0 Å². The monoisotopic (exact) mass is 362 g/mol. The second kappa shape index (κ2) is 8.25. The number of halogens is 1. The van der Waals surface area contributed by atoms with E-state index in [2.05, 4.69) is 71.5 Å². The molecule has 0 amide bonds. The third kappa shape index (κ3) is 5.09. The molecule has 1 saturated carbocycles. The van der Waals surface area contributed by atoms with Crippen molar-refractivity contribution in [2.45, 2.75) is 78.7 Å². The quantitative estimate of drug-likeness (QED) is 0.346. The van der Waals surface area contributed by atoms with Crippen LogP contribution >= 0.6 is 11.6 Å². The number of hydrogen-bond donors (Lipinski definition) is 0. The molecule has 1 aromatic carbocycles. The summed E-state index contributed by atoms with van der Waals surface area (Å²) < 4.78 is 2.47. The number of nitrogens with zero attached hydrogens (tertiary/aromatic N) is 1. The van der Waals surface area contributed by atoms with Crippen molar-refractivity contribution in [2.24, 2.45) is 11.8 Å². The Morgan fingerprint density at radius 1 is 1.24 bits per heavy atom. The van der Waals surface area contributed by atoms with E-state index in [1.165, 1.54) is 47.9 Å². The zero-order valence-corrected chi connectivity index (χ0v) is 18.1. The molecule has 0 aliphatic heterocycles. The highest BCUT2D eigenvalue weighted by Crippen LogP contribution is 2.32. The lowest BCUT2D eigenvalue weighted by molar-refractivity contribution is -0.539. The van der Waals surface area contributed by atoms with Crippen LogP contribution in [0.4, 0.5) is 0 Å². The Labute approximate surface area is 160 Å². The zero-order valence-electron chi connectivity index (χ0n) is 17.3. The Bertz CT molecular complexity index is 624. The molecule has 0 heterocycles. The summed E-state index contributed by atoms with van der Waals surface area (Å²) in [4.78, 5) is 0. The van der Waals surface area contributed by atoms with Gasteiger partial charge >= 0.3 is 0 Å². The number of alkyl halides is 1. The molecule has 0 saturated heterocycles. The van der Waals surface area contributed by atoms with Crippen LogP contribution in [0, 0.1) is 25.7 Å². The average molecular weight is 363 g/mol. The van der Waals surface area contributed by atoms with Crippen LogP contribution in [0.1, 0.15) is 75.6 Å². The number of hydrogen-bond acceptors (Lipinski definition) is 0. The van der Waals surface area contributed by atoms with Gasteiger partial charge in [0.25, 0.3) is 0 Å². The molecule has 1 aromatic rings. The van der Waals surface area contributed by atoms with Crippen LogP contribution in [0.25, 0.3) is 0 Å². The van der Waals surface area contributed by atoms with E-state index < -0.39 is 0 Å². The fourth-order valence-electron chi connectivity index (χ4n) is 4.34. The van der Waals surface area contributed by atoms with Gasteiger partial charge in [0.1, 0.15) is 7.05 Å². The molecule has 0 spiro atoms. The van der Waals surface area contributed by atoms with E-state index in [0.717, 1.165) is 11.8 Å². The molecule has 0 radical (unpaired) electrons. The summed E-state index contributed by atoms with van der Waals surface area (Å²) >= 11 is 6.12. The summed E-state index contributed by atoms with van der Waals surface area (Å²) in [5.74, 6) is 2.19. The fraction of sp³-hybridized carbons (Fsp3) is 0.696. The predicted molar refractivity (Wildman–Crippen MR) is 112 cm³/mol. The molecule has 3 atom stereocenters. The van der Waals surface area contributed by atoms with E-state index in [1.807, 2.05) is 0 Å². The third-order valence-electron chi connectivity index (χ3n) is 6.05. The van der Waals surface area contributed by atoms with Crippen molar-refractivity contribution in [3.05, 3.63) is 34.4 Å². The first-order valence-electron chi connectivity index (χ1n) is 9.88. The third-order valence-corrected chi connectivity index (χ3v) is 6.54. The Morgan fingerprint density at radius 3 is 2.52 bits per heavy atom. The lowest BCUT2D eigenvalue weighted by atomic mass is 9.79. The van der Waals surface area contributed by atoms with Gasteiger partial charge in [-0.1, -0.05) is 33.8 Å². The minimum atomic E-state index is 0.184. The lowest BCUT2D eigenvalue weighted by Crippen LogP contribution is -2.33. The zero-order chi connectivity index (χ0) is 18.8. The maximum atomic E-state index is 6.12. The topological polar surface area (TPSA) is 3.01 Å². The smallest absolute Gasteiger partial charge is 0.170 e. The van der Waals surface area contributed by atoms with E-state index in [-0.39, 0.29) is 5.41 Å². The molecule has 0 aromatic heterocycles. The molecule has 0 bridgehead atoms. The summed E-state index contributed by atoms with van der Waals surface area (Å²) in [7, 11) is 2.26. The molecule has 1 nitrogen and oxygen atoms in total. The highest BCUT2D eigenvalue weighted by Gasteiger charge is 2.30. The minimum absolute atomic E-state index is 0.184. The van der Waals surface area contributed by atoms with Crippen molar-refractivity contribution < 1.29 is 4.58 Å². The van der Waals surface area contributed by atoms with Gasteiger partial charge in [-0.2, -0.15) is 0 Å². The van der Waals surface area contributed by atoms with Crippen LogP contribution in [-0.2, 0) is 5.41 Å². The van der Waals surface area contributed by atoms with Crippen molar-refractivity contribution in [1.82, 2.24) is 0 Å². The first-order valence-corrected chi connectivity index (χ1v) is 10.4. The molecule has 1 fully saturated rings. The second-order valence-electron chi connectivity index (χ2n) is 9.28. The maximum absolute atomic E-state index is 6.12. The van der Waals surface area contributed by atoms with Gasteiger partial charge in [0.05, 0.1) is 0 Å². The van der Waals surface area contributed by atoms with Crippen molar-refractivity contribution in [3.63, 3.8) is 0 Å². The summed E-state index contributed by atoms with van der Waals surface area (Å²) in [5.41, 5.74) is 5.80. The second-order valence-corrected chi connectivity index (χ2v) is 9.59. The summed E-state index contributed by atoms with van der Waals surface area (Å²) in [6, 6.07) is 5.33. The average Bonchev–Trinajstić information content (AvgIpc) is 2.56. The predicted octanol–water partition coefficient (Wildman–Crippen LogP) is 6.10. The highest BCUT2D eigenvalue weighted by atomic mass is 35.5. The molecule has 0 N–H and O–H groups in total. The Morgan fingerprint density at radius 2 is 1.92 bits per heavy atom. The normalized spacial score (nSPS) is 23.6. The van der Waals surface area contributed by atoms with Gasteiger partial charge in [-0.25, -0.2) is 4.58 Å². The van der Waals surface area contributed by atoms with Crippen molar-refractivity contribution in [1.29, 1.82) is 0 Å². The first-order chi connectivity index (χ1) is 11.6. The van der Waals surface area contributed by atoms with Crippen molar-refractivity contribution in [3.8, 4) is 0 Å². The summed E-state index contributed by atoms with van der Waals surface area (Å²) in [6.07, 6.45) is 7.63. The molecule has 140 valence electrons. The van der Waals surface area contributed by atoms with Crippen LogP contribution < -0.4 is 0 Å². The fourth-order valence-corrected chi connectivity index (χ4v) is 4.59. The Balaban J connectivity index is 2.29. The van der Waals surface area contributed by atoms with Crippen LogP contribution in [0.2, 0.25) is 0 Å². The SMILES string of the molecule is Cc1cc(C=[N+](C)C2CCCC(C(C)CCl)C2)c(C)c(C(C)(C)C)c1. The molecule has 2 heteroatoms. The van der Waals surface area contributed by atoms with Gasteiger partial charge < -0.3 is 0 Å². The first kappa shape index (κ1) is 20.5. The van der Waals surface area contributed by atoms with Crippen LogP contribution in [0.5, 0.6) is 0 Å². The standard InChI is InChI=1S/C23H37ClN/c1-16-11-20(18(3)22(12-16)23(4,5)6)15-25(7)21-10-8-9-19(13-21)17(2)14-24/h11-12,15,17,19,21H,8-10,13-14H2,1-7H3/q+1. The van der Waals surface area contributed by atoms with Crippen molar-refractivity contribution >= 4 is 17.8 Å². The largest absolute Gasteiger partial charge is 0.236 e. The minimum Gasteiger partial charge on any atom is -0.236 e. The highest BCUT2D eigenvalue weighted by molar-refractivity contribution is 6.18. The molecular formula is C23H37ClN+. The molecule has 2 rings (SSSR count). The van der Waals surface area contributed by atoms with E-state index in [0.29, 0.717) is 12.0 Å². The van der Waals surface area contributed by atoms with E-state index in [1.54, 1.807) is 0 Å². The van der Waals surface area contributed by atoms with Gasteiger partial charge in [-0.3, -0.25) is 0 Å². The molecule has 1 aliphatic rings. The Hall–Kier alpha value is -0.820. The lowest BCUT2D eigenvalue weighted by Gasteiger charge is -2.30. The van der Waals surface area contributed by atoms with Gasteiger partial charge in [-0.05, 0) is 66.7 Å². The Kier molecular flexibility index (Phi) is 6.76. The van der Waals surface area contributed by atoms with Gasteiger partial charge in [0, 0.05) is 24.3 Å². The van der Waals surface area contributed by atoms with Gasteiger partial charge in [-0.15, -0.1) is 11.6 Å². The van der Waals surface area contributed by atoms with Crippen LogP contribution in [0.15, 0.2) is 12.1 Å². The van der Waals surface area contributed by atoms with Crippen molar-refractivity contribution in [2.75, 3.05) is 12.9 Å². The molecule has 3 unspecified atom stereocenters. The number of benzene rings is 1. The van der Waals surface area contributed by atoms with Crippen LogP contribution in [-0.4, -0.2) is 29.8 Å². The maximum Gasteiger partial charge on any atom is 0.170 e. The summed E-state index contributed by atoms with van der Waals surface area (Å²) in [6.45, 7) is 13.7. The molecule has 1 aliphatic carbocycles. The molecular weight excluding hydrogens is 326 g/mol. The molecule has 25 heavy (non-hydrogen) atoms. The van der Waals surface area contributed by atoms with Gasteiger partial charge in [0.15, 0.2) is 12.3 Å². The van der Waals surface area contributed by atoms with E-state index in [4.69, 9.17) is 11.6 Å². The number of rotatable bonds is 4. The van der Waals surface area contributed by atoms with Crippen LogP contribution in [0.3, 0.4) is 0 Å². The van der Waals surface area contributed by atoms with Gasteiger partial charge in [0.2, 0.25) is 0 Å².